The number of rotatable bonds is 4. The van der Waals surface area contributed by atoms with E-state index in [0.717, 1.165) is 16.8 Å². The molecule has 2 rings (SSSR count). The highest BCUT2D eigenvalue weighted by Gasteiger charge is 2.26. The molecule has 0 aliphatic rings. The van der Waals surface area contributed by atoms with E-state index < -0.39 is 0 Å². The maximum Gasteiger partial charge on any atom is 0.182 e. The summed E-state index contributed by atoms with van der Waals surface area (Å²) in [5.41, 5.74) is 8.26. The van der Waals surface area contributed by atoms with E-state index in [-0.39, 0.29) is 5.54 Å². The van der Waals surface area contributed by atoms with Gasteiger partial charge in [-0.1, -0.05) is 12.1 Å². The van der Waals surface area contributed by atoms with Crippen molar-refractivity contribution in [3.05, 3.63) is 23.8 Å². The van der Waals surface area contributed by atoms with Crippen LogP contribution in [0.3, 0.4) is 0 Å². The van der Waals surface area contributed by atoms with Gasteiger partial charge in [-0.25, -0.2) is 4.68 Å². The molecule has 19 heavy (non-hydrogen) atoms. The van der Waals surface area contributed by atoms with Crippen molar-refractivity contribution in [2.45, 2.75) is 26.3 Å². The molecular formula is C13H19N5O. The van der Waals surface area contributed by atoms with Crippen molar-refractivity contribution >= 4 is 5.69 Å². The highest BCUT2D eigenvalue weighted by Crippen LogP contribution is 2.28. The highest BCUT2D eigenvalue weighted by molar-refractivity contribution is 5.67. The Hall–Kier alpha value is -1.95. The van der Waals surface area contributed by atoms with Crippen molar-refractivity contribution < 1.29 is 4.74 Å². The van der Waals surface area contributed by atoms with Gasteiger partial charge in [-0.3, -0.25) is 0 Å². The van der Waals surface area contributed by atoms with Crippen LogP contribution in [-0.4, -0.2) is 33.9 Å². The average Bonchev–Trinajstić information content (AvgIpc) is 2.82. The second-order valence-corrected chi connectivity index (χ2v) is 5.18. The van der Waals surface area contributed by atoms with Crippen molar-refractivity contribution in [2.24, 2.45) is 0 Å². The summed E-state index contributed by atoms with van der Waals surface area (Å²) in [5, 5.41) is 12.0. The minimum atomic E-state index is -0.329. The zero-order valence-corrected chi connectivity index (χ0v) is 11.7. The molecule has 0 saturated carbocycles. The lowest BCUT2D eigenvalue weighted by Gasteiger charge is -2.25. The zero-order chi connectivity index (χ0) is 14.0. The zero-order valence-electron chi connectivity index (χ0n) is 11.7. The SMILES string of the molecule is COCC(C)(C)n1nnnc1-c1cccc(N)c1C. The van der Waals surface area contributed by atoms with Crippen LogP contribution in [0.4, 0.5) is 5.69 Å². The second-order valence-electron chi connectivity index (χ2n) is 5.18. The number of tetrazole rings is 1. The molecule has 6 nitrogen and oxygen atoms in total. The van der Waals surface area contributed by atoms with Gasteiger partial charge in [0.05, 0.1) is 12.1 Å². The van der Waals surface area contributed by atoms with Gasteiger partial charge in [-0.05, 0) is 42.8 Å². The van der Waals surface area contributed by atoms with Crippen LogP contribution in [0.5, 0.6) is 0 Å². The Morgan fingerprint density at radius 3 is 2.79 bits per heavy atom. The molecule has 0 aliphatic carbocycles. The molecule has 0 bridgehead atoms. The average molecular weight is 261 g/mol. The van der Waals surface area contributed by atoms with Crippen molar-refractivity contribution in [3.8, 4) is 11.4 Å². The summed E-state index contributed by atoms with van der Waals surface area (Å²) in [6.45, 7) is 6.54. The summed E-state index contributed by atoms with van der Waals surface area (Å²) < 4.78 is 7.01. The van der Waals surface area contributed by atoms with Gasteiger partial charge in [0, 0.05) is 18.4 Å². The lowest BCUT2D eigenvalue weighted by Crippen LogP contribution is -2.33. The molecule has 0 amide bonds. The summed E-state index contributed by atoms with van der Waals surface area (Å²) >= 11 is 0. The van der Waals surface area contributed by atoms with Gasteiger partial charge in [0.25, 0.3) is 0 Å². The van der Waals surface area contributed by atoms with E-state index in [0.29, 0.717) is 12.4 Å². The van der Waals surface area contributed by atoms with Crippen molar-refractivity contribution in [1.82, 2.24) is 20.2 Å². The molecule has 0 aliphatic heterocycles. The molecule has 1 heterocycles. The molecule has 2 aromatic rings. The lowest BCUT2D eigenvalue weighted by molar-refractivity contribution is 0.101. The topological polar surface area (TPSA) is 78.8 Å². The van der Waals surface area contributed by atoms with Crippen molar-refractivity contribution in [1.29, 1.82) is 0 Å². The van der Waals surface area contributed by atoms with E-state index in [1.807, 2.05) is 39.0 Å². The molecule has 0 radical (unpaired) electrons. The number of methoxy groups -OCH3 is 1. The van der Waals surface area contributed by atoms with Crippen LogP contribution in [0.25, 0.3) is 11.4 Å². The maximum absolute atomic E-state index is 5.94. The second kappa shape index (κ2) is 4.97. The monoisotopic (exact) mass is 261 g/mol. The number of nitrogens with zero attached hydrogens (tertiary/aromatic N) is 4. The van der Waals surface area contributed by atoms with Gasteiger partial charge in [-0.15, -0.1) is 5.10 Å². The predicted octanol–water partition coefficient (Wildman–Crippen LogP) is 1.61. The normalized spacial score (nSPS) is 11.8. The fourth-order valence-corrected chi connectivity index (χ4v) is 2.07. The Labute approximate surface area is 112 Å². The Morgan fingerprint density at radius 1 is 1.37 bits per heavy atom. The Kier molecular flexibility index (Phi) is 3.53. The fourth-order valence-electron chi connectivity index (χ4n) is 2.07. The van der Waals surface area contributed by atoms with Gasteiger partial charge >= 0.3 is 0 Å². The largest absolute Gasteiger partial charge is 0.398 e. The Morgan fingerprint density at radius 2 is 2.11 bits per heavy atom. The van der Waals surface area contributed by atoms with Crippen LogP contribution >= 0.6 is 0 Å². The van der Waals surface area contributed by atoms with E-state index in [4.69, 9.17) is 10.5 Å². The highest BCUT2D eigenvalue weighted by atomic mass is 16.5. The van der Waals surface area contributed by atoms with Crippen LogP contribution in [0.2, 0.25) is 0 Å². The summed E-state index contributed by atoms with van der Waals surface area (Å²) in [7, 11) is 1.66. The third kappa shape index (κ3) is 2.44. The van der Waals surface area contributed by atoms with Crippen LogP contribution in [0.1, 0.15) is 19.4 Å². The minimum absolute atomic E-state index is 0.329. The molecule has 0 unspecified atom stereocenters. The van der Waals surface area contributed by atoms with Crippen molar-refractivity contribution in [3.63, 3.8) is 0 Å². The van der Waals surface area contributed by atoms with Crippen LogP contribution in [0.15, 0.2) is 18.2 Å². The molecule has 0 atom stereocenters. The number of nitrogens with two attached hydrogens (primary N) is 1. The van der Waals surface area contributed by atoms with Gasteiger partial charge in [0.15, 0.2) is 5.82 Å². The van der Waals surface area contributed by atoms with E-state index in [2.05, 4.69) is 15.5 Å². The van der Waals surface area contributed by atoms with E-state index in [9.17, 15) is 0 Å². The van der Waals surface area contributed by atoms with E-state index >= 15 is 0 Å². The number of hydrogen-bond donors (Lipinski definition) is 1. The first-order valence-corrected chi connectivity index (χ1v) is 6.10. The van der Waals surface area contributed by atoms with Gasteiger partial charge in [0.1, 0.15) is 0 Å². The summed E-state index contributed by atoms with van der Waals surface area (Å²) in [6.07, 6.45) is 0. The minimum Gasteiger partial charge on any atom is -0.398 e. The van der Waals surface area contributed by atoms with E-state index in [1.165, 1.54) is 0 Å². The molecule has 2 N–H and O–H groups in total. The van der Waals surface area contributed by atoms with Gasteiger partial charge < -0.3 is 10.5 Å². The molecule has 6 heteroatoms. The van der Waals surface area contributed by atoms with Crippen LogP contribution in [-0.2, 0) is 10.3 Å². The van der Waals surface area contributed by atoms with Crippen molar-refractivity contribution in [2.75, 3.05) is 19.5 Å². The first-order valence-electron chi connectivity index (χ1n) is 6.10. The standard InChI is InChI=1S/C13H19N5O/c1-9-10(6-5-7-11(9)14)12-15-16-17-18(12)13(2,3)8-19-4/h5-7H,8,14H2,1-4H3. The Bertz CT molecular complexity index is 576. The van der Waals surface area contributed by atoms with Crippen LogP contribution < -0.4 is 5.73 Å². The molecule has 0 spiro atoms. The molecular weight excluding hydrogens is 242 g/mol. The molecule has 102 valence electrons. The van der Waals surface area contributed by atoms with Crippen LogP contribution in [0, 0.1) is 6.92 Å². The summed E-state index contributed by atoms with van der Waals surface area (Å²) in [5.74, 6) is 0.701. The fraction of sp³-hybridized carbons (Fsp3) is 0.462. The first-order chi connectivity index (χ1) is 8.97. The van der Waals surface area contributed by atoms with Gasteiger partial charge in [-0.2, -0.15) is 0 Å². The quantitative estimate of drug-likeness (QED) is 0.846. The van der Waals surface area contributed by atoms with E-state index in [1.54, 1.807) is 11.8 Å². The molecule has 0 saturated heterocycles. The number of ether oxygens (including phenoxy) is 1. The maximum atomic E-state index is 5.94. The molecule has 1 aromatic carbocycles. The molecule has 1 aromatic heterocycles. The number of anilines is 1. The number of nitrogen functional groups attached to an aromatic ring is 1. The third-order valence-corrected chi connectivity index (χ3v) is 3.16. The summed E-state index contributed by atoms with van der Waals surface area (Å²) in [6, 6.07) is 5.74. The molecule has 0 fully saturated rings. The number of hydrogen-bond acceptors (Lipinski definition) is 5. The summed E-state index contributed by atoms with van der Waals surface area (Å²) in [4.78, 5) is 0. The Balaban J connectivity index is 2.53. The number of benzene rings is 1. The predicted molar refractivity (Wildman–Crippen MR) is 73.6 cm³/mol. The lowest BCUT2D eigenvalue weighted by atomic mass is 10.0. The van der Waals surface area contributed by atoms with Gasteiger partial charge in [0.2, 0.25) is 0 Å². The first kappa shape index (κ1) is 13.5. The third-order valence-electron chi connectivity index (χ3n) is 3.16. The smallest absolute Gasteiger partial charge is 0.182 e. The number of aromatic nitrogens is 4.